The highest BCUT2D eigenvalue weighted by Crippen LogP contribution is 2.28. The van der Waals surface area contributed by atoms with Crippen LogP contribution in [-0.4, -0.2) is 55.0 Å². The van der Waals surface area contributed by atoms with Crippen LogP contribution >= 0.6 is 0 Å². The molecule has 1 aromatic heterocycles. The van der Waals surface area contributed by atoms with Crippen molar-refractivity contribution in [1.82, 2.24) is 9.80 Å². The van der Waals surface area contributed by atoms with Gasteiger partial charge in [-0.2, -0.15) is 0 Å². The molecule has 1 fully saturated rings. The quantitative estimate of drug-likeness (QED) is 0.597. The number of rotatable bonds is 10. The largest absolute Gasteiger partial charge is 0.493 e. The van der Waals surface area contributed by atoms with Crippen LogP contribution in [0, 0.1) is 6.92 Å². The van der Waals surface area contributed by atoms with Crippen LogP contribution in [-0.2, 0) is 22.6 Å². The minimum absolute atomic E-state index is 0.0560. The topological polar surface area (TPSA) is 72.2 Å². The van der Waals surface area contributed by atoms with Gasteiger partial charge in [-0.25, -0.2) is 0 Å². The fourth-order valence-corrected chi connectivity index (χ4v) is 3.48. The molecule has 30 heavy (non-hydrogen) atoms. The number of benzene rings is 1. The van der Waals surface area contributed by atoms with E-state index in [0.29, 0.717) is 31.0 Å². The summed E-state index contributed by atoms with van der Waals surface area (Å²) in [4.78, 5) is 28.5. The van der Waals surface area contributed by atoms with Crippen LogP contribution in [0.2, 0.25) is 0 Å². The van der Waals surface area contributed by atoms with E-state index in [1.54, 1.807) is 24.0 Å². The number of hydrogen-bond donors (Lipinski definition) is 0. The third-order valence-corrected chi connectivity index (χ3v) is 5.31. The molecular weight excluding hydrogens is 384 g/mol. The minimum atomic E-state index is -0.0772. The number of furan rings is 1. The highest BCUT2D eigenvalue weighted by Gasteiger charge is 2.33. The highest BCUT2D eigenvalue weighted by atomic mass is 16.5. The molecule has 1 saturated carbocycles. The Kier molecular flexibility index (Phi) is 7.03. The van der Waals surface area contributed by atoms with Crippen molar-refractivity contribution in [3.05, 3.63) is 47.4 Å². The predicted octanol–water partition coefficient (Wildman–Crippen LogP) is 3.19. The smallest absolute Gasteiger partial charge is 0.242 e. The summed E-state index contributed by atoms with van der Waals surface area (Å²) in [5.74, 6) is 2.73. The van der Waals surface area contributed by atoms with Gasteiger partial charge in [0.2, 0.25) is 11.8 Å². The van der Waals surface area contributed by atoms with Crippen molar-refractivity contribution in [2.75, 3.05) is 27.3 Å². The zero-order chi connectivity index (χ0) is 21.7. The average molecular weight is 415 g/mol. The Labute approximate surface area is 177 Å². The van der Waals surface area contributed by atoms with Gasteiger partial charge < -0.3 is 23.7 Å². The van der Waals surface area contributed by atoms with Crippen LogP contribution in [0.25, 0.3) is 0 Å². The number of carbonyl (C=O) groups is 2. The zero-order valence-corrected chi connectivity index (χ0v) is 18.1. The molecule has 1 heterocycles. The van der Waals surface area contributed by atoms with E-state index < -0.39 is 0 Å². The second-order valence-electron chi connectivity index (χ2n) is 7.65. The van der Waals surface area contributed by atoms with Gasteiger partial charge in [0.15, 0.2) is 11.5 Å². The first-order valence-corrected chi connectivity index (χ1v) is 10.2. The summed E-state index contributed by atoms with van der Waals surface area (Å²) >= 11 is 0. The van der Waals surface area contributed by atoms with Gasteiger partial charge in [0, 0.05) is 19.5 Å². The Balaban J connectivity index is 1.72. The summed E-state index contributed by atoms with van der Waals surface area (Å²) in [6, 6.07) is 9.72. The molecule has 3 rings (SSSR count). The Morgan fingerprint density at radius 2 is 1.83 bits per heavy atom. The SMILES string of the molecule is COc1ccc(CCN(Cc2ccc(C)o2)C(=O)CN(C(C)=O)C2CC2)cc1OC. The van der Waals surface area contributed by atoms with Gasteiger partial charge in [0.1, 0.15) is 18.1 Å². The second-order valence-corrected chi connectivity index (χ2v) is 7.65. The van der Waals surface area contributed by atoms with E-state index in [0.717, 1.165) is 29.9 Å². The maximum atomic E-state index is 13.1. The number of ether oxygens (including phenoxy) is 2. The second kappa shape index (κ2) is 9.69. The Morgan fingerprint density at radius 1 is 1.10 bits per heavy atom. The van der Waals surface area contributed by atoms with Crippen molar-refractivity contribution < 1.29 is 23.5 Å². The van der Waals surface area contributed by atoms with E-state index in [1.165, 1.54) is 6.92 Å². The van der Waals surface area contributed by atoms with Crippen LogP contribution in [0.5, 0.6) is 11.5 Å². The van der Waals surface area contributed by atoms with Crippen LogP contribution in [0.3, 0.4) is 0 Å². The Hall–Kier alpha value is -2.96. The van der Waals surface area contributed by atoms with Gasteiger partial charge in [0.05, 0.1) is 20.8 Å². The average Bonchev–Trinajstić information content (AvgIpc) is 3.49. The molecule has 0 N–H and O–H groups in total. The molecule has 0 aliphatic heterocycles. The maximum Gasteiger partial charge on any atom is 0.242 e. The predicted molar refractivity (Wildman–Crippen MR) is 113 cm³/mol. The first-order valence-electron chi connectivity index (χ1n) is 10.2. The summed E-state index contributed by atoms with van der Waals surface area (Å²) in [7, 11) is 3.20. The third-order valence-electron chi connectivity index (χ3n) is 5.31. The third kappa shape index (κ3) is 5.55. The zero-order valence-electron chi connectivity index (χ0n) is 18.1. The lowest BCUT2D eigenvalue weighted by molar-refractivity contribution is -0.140. The van der Waals surface area contributed by atoms with Crippen molar-refractivity contribution >= 4 is 11.8 Å². The first kappa shape index (κ1) is 21.7. The number of hydrogen-bond acceptors (Lipinski definition) is 5. The summed E-state index contributed by atoms with van der Waals surface area (Å²) in [5.41, 5.74) is 1.03. The number of aryl methyl sites for hydroxylation is 1. The molecule has 0 saturated heterocycles. The van der Waals surface area contributed by atoms with E-state index >= 15 is 0 Å². The molecule has 0 spiro atoms. The van der Waals surface area contributed by atoms with Gasteiger partial charge in [-0.05, 0) is 56.0 Å². The highest BCUT2D eigenvalue weighted by molar-refractivity contribution is 5.84. The van der Waals surface area contributed by atoms with Gasteiger partial charge in [-0.3, -0.25) is 9.59 Å². The number of methoxy groups -OCH3 is 2. The van der Waals surface area contributed by atoms with E-state index in [9.17, 15) is 9.59 Å². The lowest BCUT2D eigenvalue weighted by atomic mass is 10.1. The lowest BCUT2D eigenvalue weighted by Crippen LogP contribution is -2.43. The fourth-order valence-electron chi connectivity index (χ4n) is 3.48. The number of carbonyl (C=O) groups excluding carboxylic acids is 2. The molecule has 1 aromatic carbocycles. The molecule has 7 nitrogen and oxygen atoms in total. The molecular formula is C23H30N2O5. The summed E-state index contributed by atoms with van der Waals surface area (Å²) < 4.78 is 16.4. The van der Waals surface area contributed by atoms with Crippen molar-refractivity contribution in [1.29, 1.82) is 0 Å². The van der Waals surface area contributed by atoms with Gasteiger partial charge in [0.25, 0.3) is 0 Å². The van der Waals surface area contributed by atoms with E-state index in [1.807, 2.05) is 37.3 Å². The van der Waals surface area contributed by atoms with Crippen molar-refractivity contribution in [2.45, 2.75) is 45.7 Å². The molecule has 7 heteroatoms. The normalized spacial score (nSPS) is 13.1. The molecule has 0 bridgehead atoms. The number of amides is 2. The molecule has 2 aromatic rings. The molecule has 1 aliphatic carbocycles. The van der Waals surface area contributed by atoms with Crippen LogP contribution < -0.4 is 9.47 Å². The Morgan fingerprint density at radius 3 is 2.40 bits per heavy atom. The van der Waals surface area contributed by atoms with Gasteiger partial charge in [-0.15, -0.1) is 0 Å². The summed E-state index contributed by atoms with van der Waals surface area (Å²) in [6.45, 7) is 4.38. The molecule has 0 radical (unpaired) electrons. The van der Waals surface area contributed by atoms with Gasteiger partial charge >= 0.3 is 0 Å². The van der Waals surface area contributed by atoms with E-state index in [-0.39, 0.29) is 24.4 Å². The lowest BCUT2D eigenvalue weighted by Gasteiger charge is -2.26. The monoisotopic (exact) mass is 414 g/mol. The van der Waals surface area contributed by atoms with Crippen molar-refractivity contribution in [3.8, 4) is 11.5 Å². The van der Waals surface area contributed by atoms with Crippen LogP contribution in [0.4, 0.5) is 0 Å². The molecule has 1 aliphatic rings. The standard InChI is InChI=1S/C23H30N2O5/c1-16-5-9-20(30-16)14-24(23(27)15-25(17(2)26)19-7-8-19)12-11-18-6-10-21(28-3)22(13-18)29-4/h5-6,9-10,13,19H,7-8,11-12,14-15H2,1-4H3. The van der Waals surface area contributed by atoms with Crippen molar-refractivity contribution in [2.24, 2.45) is 0 Å². The summed E-state index contributed by atoms with van der Waals surface area (Å²) in [5, 5.41) is 0. The number of nitrogens with zero attached hydrogens (tertiary/aromatic N) is 2. The minimum Gasteiger partial charge on any atom is -0.493 e. The van der Waals surface area contributed by atoms with Crippen LogP contribution in [0.1, 0.15) is 36.8 Å². The fraction of sp³-hybridized carbons (Fsp3) is 0.478. The maximum absolute atomic E-state index is 13.1. The van der Waals surface area contributed by atoms with Crippen LogP contribution in [0.15, 0.2) is 34.7 Å². The molecule has 0 atom stereocenters. The Bertz CT molecular complexity index is 887. The summed E-state index contributed by atoms with van der Waals surface area (Å²) in [6.07, 6.45) is 2.58. The molecule has 2 amide bonds. The van der Waals surface area contributed by atoms with E-state index in [2.05, 4.69) is 0 Å². The molecule has 0 unspecified atom stereocenters. The van der Waals surface area contributed by atoms with E-state index in [4.69, 9.17) is 13.9 Å². The first-order chi connectivity index (χ1) is 14.4. The molecule has 162 valence electrons. The van der Waals surface area contributed by atoms with Gasteiger partial charge in [-0.1, -0.05) is 6.07 Å². The van der Waals surface area contributed by atoms with Crippen molar-refractivity contribution in [3.63, 3.8) is 0 Å².